The Bertz CT molecular complexity index is 1810. The lowest BCUT2D eigenvalue weighted by Crippen LogP contribution is -2.56. The summed E-state index contributed by atoms with van der Waals surface area (Å²) in [6.07, 6.45) is 5.63. The third kappa shape index (κ3) is 5.86. The number of primary amides is 1. The topological polar surface area (TPSA) is 174 Å². The lowest BCUT2D eigenvalue weighted by molar-refractivity contribution is 0.154. The van der Waals surface area contributed by atoms with E-state index in [9.17, 15) is 18.0 Å². The third-order valence-electron chi connectivity index (χ3n) is 7.52. The number of aromatic amines is 1. The summed E-state index contributed by atoms with van der Waals surface area (Å²) >= 11 is 0. The average Bonchev–Trinajstić information content (AvgIpc) is 3.54. The van der Waals surface area contributed by atoms with Gasteiger partial charge in [-0.05, 0) is 38.0 Å². The number of urea groups is 1. The number of piperazine rings is 1. The minimum absolute atomic E-state index is 0.0210. The molecule has 4 heterocycles. The Morgan fingerprint density at radius 1 is 1.21 bits per heavy atom. The van der Waals surface area contributed by atoms with Crippen LogP contribution >= 0.6 is 0 Å². The SMILES string of the molecule is CCCOc1ccc(S(=O)(=O)N2CCN(C(N)=O)CC2C)cc1-c1nc2c(CCC)nn(Cc3nccn3C)c2c(=O)[nH]1. The lowest BCUT2D eigenvalue weighted by atomic mass is 10.1. The van der Waals surface area contributed by atoms with Gasteiger partial charge in [-0.1, -0.05) is 20.3 Å². The smallest absolute Gasteiger partial charge is 0.314 e. The molecule has 1 aromatic carbocycles. The maximum absolute atomic E-state index is 13.8. The van der Waals surface area contributed by atoms with Crippen LogP contribution in [0.5, 0.6) is 5.75 Å². The molecule has 1 aliphatic rings. The van der Waals surface area contributed by atoms with Gasteiger partial charge in [-0.15, -0.1) is 0 Å². The second-order valence-electron chi connectivity index (χ2n) is 10.7. The molecule has 0 bridgehead atoms. The minimum Gasteiger partial charge on any atom is -0.493 e. The zero-order valence-corrected chi connectivity index (χ0v) is 25.6. The predicted molar refractivity (Wildman–Crippen MR) is 160 cm³/mol. The van der Waals surface area contributed by atoms with Crippen molar-refractivity contribution in [3.63, 3.8) is 0 Å². The van der Waals surface area contributed by atoms with Crippen LogP contribution in [0.4, 0.5) is 4.79 Å². The standard InChI is InChI=1S/C28H37N9O5S/c1-5-7-21-24-25(36(33-21)17-23-30-10-11-34(23)4)27(38)32-26(31-24)20-15-19(8-9-22(20)42-14-6-2)43(40,41)37-13-12-35(28(29)39)16-18(37)3/h8-11,15,18H,5-7,12-14,16-17H2,1-4H3,(H2,29,39)(H,31,32,38). The Morgan fingerprint density at radius 3 is 2.65 bits per heavy atom. The largest absolute Gasteiger partial charge is 0.493 e. The van der Waals surface area contributed by atoms with Crippen LogP contribution in [0.25, 0.3) is 22.4 Å². The van der Waals surface area contributed by atoms with E-state index in [0.29, 0.717) is 41.1 Å². The molecule has 1 atom stereocenters. The fourth-order valence-corrected chi connectivity index (χ4v) is 6.95. The molecule has 2 amide bonds. The van der Waals surface area contributed by atoms with E-state index >= 15 is 0 Å². The fourth-order valence-electron chi connectivity index (χ4n) is 5.31. The van der Waals surface area contributed by atoms with Crippen molar-refractivity contribution in [3.8, 4) is 17.1 Å². The third-order valence-corrected chi connectivity index (χ3v) is 9.53. The highest BCUT2D eigenvalue weighted by Crippen LogP contribution is 2.33. The van der Waals surface area contributed by atoms with Crippen molar-refractivity contribution >= 4 is 27.1 Å². The van der Waals surface area contributed by atoms with Crippen LogP contribution in [0.15, 0.2) is 40.3 Å². The number of nitrogens with one attached hydrogen (secondary N) is 1. The average molecular weight is 612 g/mol. The second kappa shape index (κ2) is 12.2. The Labute approximate surface area is 249 Å². The van der Waals surface area contributed by atoms with E-state index in [0.717, 1.165) is 18.7 Å². The molecule has 0 saturated carbocycles. The van der Waals surface area contributed by atoms with Gasteiger partial charge < -0.3 is 24.9 Å². The van der Waals surface area contributed by atoms with E-state index in [4.69, 9.17) is 20.6 Å². The number of H-pyrrole nitrogens is 1. The number of nitrogens with two attached hydrogens (primary N) is 1. The normalized spacial score (nSPS) is 16.2. The Balaban J connectivity index is 1.61. The number of benzene rings is 1. The zero-order valence-electron chi connectivity index (χ0n) is 24.8. The molecule has 1 saturated heterocycles. The number of rotatable bonds is 10. The van der Waals surface area contributed by atoms with Crippen molar-refractivity contribution in [3.05, 3.63) is 52.5 Å². The number of imidazole rings is 1. The Morgan fingerprint density at radius 2 is 2.00 bits per heavy atom. The molecular formula is C28H37N9O5S. The predicted octanol–water partition coefficient (Wildman–Crippen LogP) is 2.08. The molecule has 4 aromatic rings. The summed E-state index contributed by atoms with van der Waals surface area (Å²) in [6, 6.07) is 3.49. The van der Waals surface area contributed by atoms with Crippen molar-refractivity contribution in [2.75, 3.05) is 26.2 Å². The molecule has 14 nitrogen and oxygen atoms in total. The van der Waals surface area contributed by atoms with Crippen LogP contribution in [0.1, 0.15) is 45.1 Å². The molecule has 1 unspecified atom stereocenters. The number of hydrogen-bond donors (Lipinski definition) is 2. The molecule has 0 aliphatic carbocycles. The number of fused-ring (bicyclic) bond motifs is 1. The van der Waals surface area contributed by atoms with Gasteiger partial charge in [0.05, 0.1) is 22.8 Å². The van der Waals surface area contributed by atoms with Gasteiger partial charge in [0.25, 0.3) is 5.56 Å². The van der Waals surface area contributed by atoms with Crippen molar-refractivity contribution in [2.24, 2.45) is 12.8 Å². The summed E-state index contributed by atoms with van der Waals surface area (Å²) in [4.78, 5) is 38.8. The summed E-state index contributed by atoms with van der Waals surface area (Å²) < 4.78 is 38.4. The molecule has 0 spiro atoms. The number of carbonyl (C=O) groups is 1. The number of nitrogens with zero attached hydrogens (tertiary/aromatic N) is 7. The molecule has 3 aromatic heterocycles. The summed E-state index contributed by atoms with van der Waals surface area (Å²) in [6.45, 7) is 6.87. The van der Waals surface area contributed by atoms with Crippen LogP contribution in [0.3, 0.4) is 0 Å². The number of sulfonamides is 1. The van der Waals surface area contributed by atoms with Gasteiger partial charge in [0.2, 0.25) is 10.0 Å². The molecule has 1 fully saturated rings. The minimum atomic E-state index is -3.97. The molecular weight excluding hydrogens is 574 g/mol. The van der Waals surface area contributed by atoms with Gasteiger partial charge in [-0.2, -0.15) is 9.40 Å². The molecule has 43 heavy (non-hydrogen) atoms. The van der Waals surface area contributed by atoms with Gasteiger partial charge in [0.1, 0.15) is 29.5 Å². The van der Waals surface area contributed by atoms with E-state index in [1.54, 1.807) is 23.9 Å². The molecule has 15 heteroatoms. The van der Waals surface area contributed by atoms with Crippen molar-refractivity contribution in [1.82, 2.24) is 38.5 Å². The summed E-state index contributed by atoms with van der Waals surface area (Å²) in [5.41, 5.74) is 6.78. The van der Waals surface area contributed by atoms with Gasteiger partial charge in [0, 0.05) is 45.1 Å². The van der Waals surface area contributed by atoms with Gasteiger partial charge >= 0.3 is 6.03 Å². The maximum Gasteiger partial charge on any atom is 0.314 e. The van der Waals surface area contributed by atoms with E-state index in [2.05, 4.69) is 9.97 Å². The maximum atomic E-state index is 13.8. The molecule has 0 radical (unpaired) electrons. The second-order valence-corrected chi connectivity index (χ2v) is 12.6. The van der Waals surface area contributed by atoms with E-state index in [1.165, 1.54) is 21.3 Å². The number of amides is 2. The summed E-state index contributed by atoms with van der Waals surface area (Å²) in [5, 5.41) is 4.72. The van der Waals surface area contributed by atoms with Crippen molar-refractivity contribution < 1.29 is 17.9 Å². The Hall–Kier alpha value is -4.24. The van der Waals surface area contributed by atoms with E-state index in [1.807, 2.05) is 31.7 Å². The summed E-state index contributed by atoms with van der Waals surface area (Å²) in [5.74, 6) is 1.31. The molecule has 3 N–H and O–H groups in total. The van der Waals surface area contributed by atoms with Gasteiger partial charge in [0.15, 0.2) is 5.52 Å². The van der Waals surface area contributed by atoms with Crippen LogP contribution in [0, 0.1) is 0 Å². The highest BCUT2D eigenvalue weighted by molar-refractivity contribution is 7.89. The van der Waals surface area contributed by atoms with Crippen LogP contribution in [-0.4, -0.2) is 85.2 Å². The number of hydrogen-bond acceptors (Lipinski definition) is 8. The monoisotopic (exact) mass is 611 g/mol. The first-order chi connectivity index (χ1) is 20.5. The summed E-state index contributed by atoms with van der Waals surface area (Å²) in [7, 11) is -2.10. The number of ether oxygens (including phenoxy) is 1. The van der Waals surface area contributed by atoms with Gasteiger partial charge in [-0.25, -0.2) is 27.9 Å². The number of carbonyl (C=O) groups excluding carboxylic acids is 1. The zero-order chi connectivity index (χ0) is 30.9. The fraction of sp³-hybridized carbons (Fsp3) is 0.464. The quantitative estimate of drug-likeness (QED) is 0.274. The Kier molecular flexibility index (Phi) is 8.55. The first-order valence-corrected chi connectivity index (χ1v) is 15.8. The number of aromatic nitrogens is 6. The van der Waals surface area contributed by atoms with Crippen LogP contribution in [0.2, 0.25) is 0 Å². The highest BCUT2D eigenvalue weighted by Gasteiger charge is 2.35. The highest BCUT2D eigenvalue weighted by atomic mass is 32.2. The number of aryl methyl sites for hydroxylation is 2. The van der Waals surface area contributed by atoms with E-state index < -0.39 is 27.7 Å². The van der Waals surface area contributed by atoms with Crippen molar-refractivity contribution in [1.29, 1.82) is 0 Å². The van der Waals surface area contributed by atoms with Gasteiger partial charge in [-0.3, -0.25) is 4.79 Å². The van der Waals surface area contributed by atoms with Crippen LogP contribution < -0.4 is 16.0 Å². The van der Waals surface area contributed by atoms with E-state index in [-0.39, 0.29) is 36.9 Å². The first-order valence-electron chi connectivity index (χ1n) is 14.3. The van der Waals surface area contributed by atoms with Crippen LogP contribution in [-0.2, 0) is 30.0 Å². The van der Waals surface area contributed by atoms with Crippen molar-refractivity contribution in [2.45, 2.75) is 57.5 Å². The molecule has 5 rings (SSSR count). The molecule has 230 valence electrons. The molecule has 1 aliphatic heterocycles. The lowest BCUT2D eigenvalue weighted by Gasteiger charge is -2.38. The first kappa shape index (κ1) is 30.2.